The van der Waals surface area contributed by atoms with E-state index >= 15 is 0 Å². The molecule has 6 heteroatoms. The number of nitrogens with one attached hydrogen (secondary N) is 1. The van der Waals surface area contributed by atoms with Gasteiger partial charge >= 0.3 is 0 Å². The highest BCUT2D eigenvalue weighted by Crippen LogP contribution is 2.24. The SMILES string of the molecule is CC(CN)C(=O)Nc1cc(C(=O)N(C)C(C)C)ccc1Cl. The Labute approximate surface area is 130 Å². The molecular formula is C15H22ClN3O2. The van der Waals surface area contributed by atoms with Gasteiger partial charge in [0.1, 0.15) is 0 Å². The van der Waals surface area contributed by atoms with Crippen LogP contribution in [0.1, 0.15) is 31.1 Å². The molecule has 3 N–H and O–H groups in total. The van der Waals surface area contributed by atoms with Crippen LogP contribution in [0.2, 0.25) is 5.02 Å². The molecule has 0 spiro atoms. The Kier molecular flexibility index (Phi) is 6.18. The highest BCUT2D eigenvalue weighted by molar-refractivity contribution is 6.33. The standard InChI is InChI=1S/C15H22ClN3O2/c1-9(2)19(4)15(21)11-5-6-12(16)13(7-11)18-14(20)10(3)8-17/h5-7,9-10H,8,17H2,1-4H3,(H,18,20). The van der Waals surface area contributed by atoms with Crippen LogP contribution in [-0.4, -0.2) is 36.3 Å². The van der Waals surface area contributed by atoms with E-state index in [-0.39, 0.29) is 30.3 Å². The molecule has 21 heavy (non-hydrogen) atoms. The maximum Gasteiger partial charge on any atom is 0.253 e. The molecule has 0 bridgehead atoms. The molecule has 1 aromatic carbocycles. The lowest BCUT2D eigenvalue weighted by Crippen LogP contribution is -2.33. The van der Waals surface area contributed by atoms with E-state index in [1.807, 2.05) is 13.8 Å². The van der Waals surface area contributed by atoms with Gasteiger partial charge in [-0.2, -0.15) is 0 Å². The van der Waals surface area contributed by atoms with E-state index in [0.29, 0.717) is 16.3 Å². The quantitative estimate of drug-likeness (QED) is 0.876. The molecule has 1 rings (SSSR count). The summed E-state index contributed by atoms with van der Waals surface area (Å²) >= 11 is 6.06. The molecule has 2 amide bonds. The number of hydrogen-bond donors (Lipinski definition) is 2. The van der Waals surface area contributed by atoms with Crippen LogP contribution in [0.5, 0.6) is 0 Å². The van der Waals surface area contributed by atoms with Crippen LogP contribution >= 0.6 is 11.6 Å². The summed E-state index contributed by atoms with van der Waals surface area (Å²) in [5.74, 6) is -0.663. The molecule has 1 aromatic rings. The van der Waals surface area contributed by atoms with E-state index < -0.39 is 0 Å². The summed E-state index contributed by atoms with van der Waals surface area (Å²) in [6.45, 7) is 5.84. The van der Waals surface area contributed by atoms with Gasteiger partial charge < -0.3 is 16.0 Å². The van der Waals surface area contributed by atoms with Crippen molar-refractivity contribution in [2.75, 3.05) is 18.9 Å². The van der Waals surface area contributed by atoms with Crippen LogP contribution in [0.15, 0.2) is 18.2 Å². The monoisotopic (exact) mass is 311 g/mol. The summed E-state index contributed by atoms with van der Waals surface area (Å²) < 4.78 is 0. The second kappa shape index (κ2) is 7.43. The predicted octanol–water partition coefficient (Wildman–Crippen LogP) is 2.35. The minimum atomic E-state index is -0.321. The van der Waals surface area contributed by atoms with Crippen molar-refractivity contribution in [2.24, 2.45) is 11.7 Å². The highest BCUT2D eigenvalue weighted by atomic mass is 35.5. The second-order valence-electron chi connectivity index (χ2n) is 5.33. The first-order chi connectivity index (χ1) is 9.77. The van der Waals surface area contributed by atoms with Crippen molar-refractivity contribution in [3.63, 3.8) is 0 Å². The van der Waals surface area contributed by atoms with Crippen LogP contribution < -0.4 is 11.1 Å². The number of nitrogens with zero attached hydrogens (tertiary/aromatic N) is 1. The first-order valence-electron chi connectivity index (χ1n) is 6.85. The normalized spacial score (nSPS) is 12.1. The fourth-order valence-corrected chi connectivity index (χ4v) is 1.72. The van der Waals surface area contributed by atoms with Gasteiger partial charge in [0.25, 0.3) is 5.91 Å². The van der Waals surface area contributed by atoms with Crippen molar-refractivity contribution in [2.45, 2.75) is 26.8 Å². The average Bonchev–Trinajstić information content (AvgIpc) is 2.46. The third-order valence-electron chi connectivity index (χ3n) is 3.37. The number of carbonyl (C=O) groups excluding carboxylic acids is 2. The number of nitrogens with two attached hydrogens (primary N) is 1. The predicted molar refractivity (Wildman–Crippen MR) is 85.5 cm³/mol. The Bertz CT molecular complexity index is 532. The van der Waals surface area contributed by atoms with Crippen molar-refractivity contribution in [1.29, 1.82) is 0 Å². The zero-order valence-corrected chi connectivity index (χ0v) is 13.6. The first kappa shape index (κ1) is 17.5. The summed E-state index contributed by atoms with van der Waals surface area (Å²) in [6.07, 6.45) is 0. The van der Waals surface area contributed by atoms with Crippen molar-refractivity contribution < 1.29 is 9.59 Å². The number of carbonyl (C=O) groups is 2. The Morgan fingerprint density at radius 1 is 1.33 bits per heavy atom. The Hall–Kier alpha value is -1.59. The molecular weight excluding hydrogens is 290 g/mol. The molecule has 0 radical (unpaired) electrons. The molecule has 116 valence electrons. The molecule has 0 heterocycles. The maximum atomic E-state index is 12.3. The topological polar surface area (TPSA) is 75.4 Å². The number of anilines is 1. The molecule has 0 aromatic heterocycles. The number of halogens is 1. The van der Waals surface area contributed by atoms with Gasteiger partial charge in [-0.15, -0.1) is 0 Å². The van der Waals surface area contributed by atoms with Crippen molar-refractivity contribution in [3.05, 3.63) is 28.8 Å². The second-order valence-corrected chi connectivity index (χ2v) is 5.74. The van der Waals surface area contributed by atoms with Crippen LogP contribution in [-0.2, 0) is 4.79 Å². The number of hydrogen-bond acceptors (Lipinski definition) is 3. The van der Waals surface area contributed by atoms with Crippen molar-refractivity contribution in [1.82, 2.24) is 4.90 Å². The van der Waals surface area contributed by atoms with Gasteiger partial charge in [0.05, 0.1) is 10.7 Å². The molecule has 0 fully saturated rings. The largest absolute Gasteiger partial charge is 0.339 e. The molecule has 0 saturated heterocycles. The van der Waals surface area contributed by atoms with Gasteiger partial charge in [0.15, 0.2) is 0 Å². The van der Waals surface area contributed by atoms with Gasteiger partial charge in [-0.05, 0) is 32.0 Å². The average molecular weight is 312 g/mol. The zero-order chi connectivity index (χ0) is 16.2. The fourth-order valence-electron chi connectivity index (χ4n) is 1.56. The summed E-state index contributed by atoms with van der Waals surface area (Å²) in [5, 5.41) is 3.09. The molecule has 0 aliphatic heterocycles. The van der Waals surface area contributed by atoms with Crippen LogP contribution in [0.4, 0.5) is 5.69 Å². The summed E-state index contributed by atoms with van der Waals surface area (Å²) in [7, 11) is 1.73. The van der Waals surface area contributed by atoms with Gasteiger partial charge in [-0.25, -0.2) is 0 Å². The minimum Gasteiger partial charge on any atom is -0.339 e. The Balaban J connectivity index is 3.00. The molecule has 5 nitrogen and oxygen atoms in total. The van der Waals surface area contributed by atoms with Crippen molar-refractivity contribution >= 4 is 29.1 Å². The lowest BCUT2D eigenvalue weighted by Gasteiger charge is -2.22. The van der Waals surface area contributed by atoms with Crippen molar-refractivity contribution in [3.8, 4) is 0 Å². The molecule has 0 aliphatic carbocycles. The van der Waals surface area contributed by atoms with E-state index in [1.165, 1.54) is 0 Å². The smallest absolute Gasteiger partial charge is 0.253 e. The number of rotatable bonds is 5. The van der Waals surface area contributed by atoms with Gasteiger partial charge in [-0.3, -0.25) is 9.59 Å². The Morgan fingerprint density at radius 2 is 1.95 bits per heavy atom. The third-order valence-corrected chi connectivity index (χ3v) is 3.70. The van der Waals surface area contributed by atoms with E-state index in [0.717, 1.165) is 0 Å². The number of amides is 2. The molecule has 1 unspecified atom stereocenters. The number of benzene rings is 1. The lowest BCUT2D eigenvalue weighted by molar-refractivity contribution is -0.119. The molecule has 1 atom stereocenters. The zero-order valence-electron chi connectivity index (χ0n) is 12.8. The lowest BCUT2D eigenvalue weighted by atomic mass is 10.1. The van der Waals surface area contributed by atoms with Gasteiger partial charge in [0, 0.05) is 31.1 Å². The van der Waals surface area contributed by atoms with Crippen LogP contribution in [0.25, 0.3) is 0 Å². The summed E-state index contributed by atoms with van der Waals surface area (Å²) in [5.41, 5.74) is 6.36. The maximum absolute atomic E-state index is 12.3. The van der Waals surface area contributed by atoms with Gasteiger partial charge in [0.2, 0.25) is 5.91 Å². The van der Waals surface area contributed by atoms with E-state index in [9.17, 15) is 9.59 Å². The first-order valence-corrected chi connectivity index (χ1v) is 7.23. The van der Waals surface area contributed by atoms with E-state index in [2.05, 4.69) is 5.32 Å². The van der Waals surface area contributed by atoms with Crippen LogP contribution in [0.3, 0.4) is 0 Å². The third kappa shape index (κ3) is 4.44. The van der Waals surface area contributed by atoms with E-state index in [4.69, 9.17) is 17.3 Å². The Morgan fingerprint density at radius 3 is 2.48 bits per heavy atom. The summed E-state index contributed by atoms with van der Waals surface area (Å²) in [6, 6.07) is 4.92. The van der Waals surface area contributed by atoms with E-state index in [1.54, 1.807) is 37.1 Å². The van der Waals surface area contributed by atoms with Gasteiger partial charge in [-0.1, -0.05) is 18.5 Å². The molecule has 0 aliphatic rings. The summed E-state index contributed by atoms with van der Waals surface area (Å²) in [4.78, 5) is 25.8. The fraction of sp³-hybridized carbons (Fsp3) is 0.467. The minimum absolute atomic E-state index is 0.0866. The van der Waals surface area contributed by atoms with Crippen LogP contribution in [0, 0.1) is 5.92 Å². The highest BCUT2D eigenvalue weighted by Gasteiger charge is 2.17. The molecule has 0 saturated carbocycles.